The highest BCUT2D eigenvalue weighted by Crippen LogP contribution is 2.30. The molecule has 21 heavy (non-hydrogen) atoms. The highest BCUT2D eigenvalue weighted by molar-refractivity contribution is 5.95. The molecule has 1 aromatic carbocycles. The molecule has 1 amide bonds. The molecule has 5 heteroatoms. The molecule has 2 unspecified atom stereocenters. The molecule has 0 heterocycles. The minimum atomic E-state index is -0.879. The maximum Gasteiger partial charge on any atom is 0.254 e. The fourth-order valence-electron chi connectivity index (χ4n) is 3.12. The summed E-state index contributed by atoms with van der Waals surface area (Å²) in [4.78, 5) is 12.2. The molecule has 2 atom stereocenters. The minimum absolute atomic E-state index is 0.0388. The smallest absolute Gasteiger partial charge is 0.254 e. The third-order valence-corrected chi connectivity index (χ3v) is 4.32. The molecule has 116 valence electrons. The molecule has 0 aliphatic heterocycles. The van der Waals surface area contributed by atoms with Gasteiger partial charge in [-0.1, -0.05) is 26.7 Å². The number of nitrogen functional groups attached to an aromatic ring is 1. The first-order chi connectivity index (χ1) is 9.90. The van der Waals surface area contributed by atoms with Crippen molar-refractivity contribution in [1.29, 1.82) is 0 Å². The topological polar surface area (TPSA) is 55.1 Å². The Morgan fingerprint density at radius 3 is 2.57 bits per heavy atom. The van der Waals surface area contributed by atoms with Gasteiger partial charge in [-0.05, 0) is 30.7 Å². The van der Waals surface area contributed by atoms with Crippen LogP contribution in [0.25, 0.3) is 0 Å². The lowest BCUT2D eigenvalue weighted by molar-refractivity contribution is 0.0885. The van der Waals surface area contributed by atoms with Gasteiger partial charge >= 0.3 is 0 Å². The van der Waals surface area contributed by atoms with Crippen LogP contribution in [0.5, 0.6) is 0 Å². The number of hydrogen-bond acceptors (Lipinski definition) is 2. The molecule has 3 nitrogen and oxygen atoms in total. The molecule has 1 aliphatic rings. The van der Waals surface area contributed by atoms with E-state index in [0.717, 1.165) is 31.7 Å². The zero-order valence-corrected chi connectivity index (χ0v) is 12.5. The van der Waals surface area contributed by atoms with Crippen LogP contribution in [-0.4, -0.2) is 11.9 Å². The Morgan fingerprint density at radius 1 is 1.24 bits per heavy atom. The maximum atomic E-state index is 13.7. The second kappa shape index (κ2) is 6.41. The summed E-state index contributed by atoms with van der Waals surface area (Å²) in [5.74, 6) is -1.39. The standard InChI is InChI=1S/C16H22F2N2O/c1-9(2)10-5-3-4-6-15(10)20-16(21)11-7-14(19)13(18)8-12(11)17/h7-10,15H,3-6,19H2,1-2H3,(H,20,21). The van der Waals surface area contributed by atoms with Crippen molar-refractivity contribution in [1.82, 2.24) is 5.32 Å². The Morgan fingerprint density at radius 2 is 1.90 bits per heavy atom. The van der Waals surface area contributed by atoms with Gasteiger partial charge < -0.3 is 11.1 Å². The third-order valence-electron chi connectivity index (χ3n) is 4.32. The largest absolute Gasteiger partial charge is 0.396 e. The third kappa shape index (κ3) is 3.52. The van der Waals surface area contributed by atoms with Crippen molar-refractivity contribution in [3.8, 4) is 0 Å². The van der Waals surface area contributed by atoms with Gasteiger partial charge in [-0.3, -0.25) is 4.79 Å². The quantitative estimate of drug-likeness (QED) is 0.839. The number of amides is 1. The van der Waals surface area contributed by atoms with Gasteiger partial charge in [-0.2, -0.15) is 0 Å². The average Bonchev–Trinajstić information content (AvgIpc) is 2.43. The average molecular weight is 296 g/mol. The predicted octanol–water partition coefficient (Wildman–Crippen LogP) is 3.49. The maximum absolute atomic E-state index is 13.7. The summed E-state index contributed by atoms with van der Waals surface area (Å²) in [6.45, 7) is 4.26. The summed E-state index contributed by atoms with van der Waals surface area (Å²) in [7, 11) is 0. The Balaban J connectivity index is 2.15. The summed E-state index contributed by atoms with van der Waals surface area (Å²) in [6.07, 6.45) is 4.18. The molecule has 2 rings (SSSR count). The van der Waals surface area contributed by atoms with Crippen LogP contribution in [0.3, 0.4) is 0 Å². The van der Waals surface area contributed by atoms with E-state index in [0.29, 0.717) is 17.9 Å². The van der Waals surface area contributed by atoms with Crippen molar-refractivity contribution >= 4 is 11.6 Å². The number of halogens is 2. The molecule has 0 radical (unpaired) electrons. The lowest BCUT2D eigenvalue weighted by Crippen LogP contribution is -2.44. The molecule has 1 aromatic rings. The van der Waals surface area contributed by atoms with Gasteiger partial charge in [-0.25, -0.2) is 8.78 Å². The van der Waals surface area contributed by atoms with E-state index in [4.69, 9.17) is 5.73 Å². The lowest BCUT2D eigenvalue weighted by atomic mass is 9.78. The van der Waals surface area contributed by atoms with Crippen molar-refractivity contribution in [3.05, 3.63) is 29.3 Å². The van der Waals surface area contributed by atoms with Crippen molar-refractivity contribution < 1.29 is 13.6 Å². The van der Waals surface area contributed by atoms with E-state index in [1.165, 1.54) is 0 Å². The summed E-state index contributed by atoms with van der Waals surface area (Å²) < 4.78 is 26.9. The molecule has 3 N–H and O–H groups in total. The fourth-order valence-corrected chi connectivity index (χ4v) is 3.12. The van der Waals surface area contributed by atoms with Gasteiger partial charge in [0.1, 0.15) is 11.6 Å². The van der Waals surface area contributed by atoms with Crippen LogP contribution in [0.15, 0.2) is 12.1 Å². The molecule has 0 bridgehead atoms. The van der Waals surface area contributed by atoms with E-state index in [1.807, 2.05) is 0 Å². The van der Waals surface area contributed by atoms with Crippen LogP contribution < -0.4 is 11.1 Å². The molecule has 1 saturated carbocycles. The van der Waals surface area contributed by atoms with Crippen molar-refractivity contribution in [2.24, 2.45) is 11.8 Å². The summed E-state index contributed by atoms with van der Waals surface area (Å²) in [5.41, 5.74) is 5.00. The van der Waals surface area contributed by atoms with E-state index >= 15 is 0 Å². The molecule has 0 spiro atoms. The summed E-state index contributed by atoms with van der Waals surface area (Å²) in [6, 6.07) is 1.76. The number of rotatable bonds is 3. The summed E-state index contributed by atoms with van der Waals surface area (Å²) >= 11 is 0. The zero-order chi connectivity index (χ0) is 15.6. The van der Waals surface area contributed by atoms with Gasteiger partial charge in [0, 0.05) is 12.1 Å². The highest BCUT2D eigenvalue weighted by Gasteiger charge is 2.29. The molecule has 0 saturated heterocycles. The van der Waals surface area contributed by atoms with Crippen LogP contribution in [0.2, 0.25) is 0 Å². The Labute approximate surface area is 123 Å². The highest BCUT2D eigenvalue weighted by atomic mass is 19.1. The number of carbonyl (C=O) groups excluding carboxylic acids is 1. The van der Waals surface area contributed by atoms with Gasteiger partial charge in [0.15, 0.2) is 0 Å². The first-order valence-electron chi connectivity index (χ1n) is 7.45. The van der Waals surface area contributed by atoms with Gasteiger partial charge in [0.05, 0.1) is 11.3 Å². The van der Waals surface area contributed by atoms with Crippen molar-refractivity contribution in [2.45, 2.75) is 45.6 Å². The van der Waals surface area contributed by atoms with Crippen LogP contribution in [0.1, 0.15) is 49.9 Å². The van der Waals surface area contributed by atoms with Crippen LogP contribution in [0, 0.1) is 23.5 Å². The normalized spacial score (nSPS) is 22.3. The second-order valence-corrected chi connectivity index (χ2v) is 6.13. The van der Waals surface area contributed by atoms with E-state index in [1.54, 1.807) is 0 Å². The van der Waals surface area contributed by atoms with Crippen LogP contribution in [0.4, 0.5) is 14.5 Å². The number of nitrogens with two attached hydrogens (primary N) is 1. The van der Waals surface area contributed by atoms with E-state index in [2.05, 4.69) is 19.2 Å². The number of carbonyl (C=O) groups is 1. The van der Waals surface area contributed by atoms with Crippen LogP contribution in [-0.2, 0) is 0 Å². The molecular weight excluding hydrogens is 274 g/mol. The number of anilines is 1. The monoisotopic (exact) mass is 296 g/mol. The van der Waals surface area contributed by atoms with Crippen molar-refractivity contribution in [2.75, 3.05) is 5.73 Å². The van der Waals surface area contributed by atoms with Crippen LogP contribution >= 0.6 is 0 Å². The zero-order valence-electron chi connectivity index (χ0n) is 12.5. The molecule has 0 aromatic heterocycles. The fraction of sp³-hybridized carbons (Fsp3) is 0.562. The first-order valence-corrected chi connectivity index (χ1v) is 7.45. The molecular formula is C16H22F2N2O. The minimum Gasteiger partial charge on any atom is -0.396 e. The van der Waals surface area contributed by atoms with E-state index in [-0.39, 0.29) is 17.3 Å². The second-order valence-electron chi connectivity index (χ2n) is 6.13. The van der Waals surface area contributed by atoms with E-state index < -0.39 is 17.5 Å². The van der Waals surface area contributed by atoms with Gasteiger partial charge in [-0.15, -0.1) is 0 Å². The van der Waals surface area contributed by atoms with Gasteiger partial charge in [0.25, 0.3) is 5.91 Å². The number of nitrogens with one attached hydrogen (secondary N) is 1. The Kier molecular flexibility index (Phi) is 4.80. The summed E-state index contributed by atoms with van der Waals surface area (Å²) in [5, 5.41) is 2.90. The SMILES string of the molecule is CC(C)C1CCCCC1NC(=O)c1cc(N)c(F)cc1F. The van der Waals surface area contributed by atoms with Gasteiger partial charge in [0.2, 0.25) is 0 Å². The number of benzene rings is 1. The first kappa shape index (κ1) is 15.7. The predicted molar refractivity (Wildman–Crippen MR) is 78.8 cm³/mol. The van der Waals surface area contributed by atoms with E-state index in [9.17, 15) is 13.6 Å². The Hall–Kier alpha value is -1.65. The lowest BCUT2D eigenvalue weighted by Gasteiger charge is -2.35. The van der Waals surface area contributed by atoms with Crippen molar-refractivity contribution in [3.63, 3.8) is 0 Å². The number of hydrogen-bond donors (Lipinski definition) is 2. The Bertz CT molecular complexity index is 531. The molecule has 1 aliphatic carbocycles. The molecule has 1 fully saturated rings.